The SMILES string of the molecule is OCCNCc1ccccc1N1CCCC1. The van der Waals surface area contributed by atoms with E-state index in [1.165, 1.54) is 37.2 Å². The first-order valence-corrected chi connectivity index (χ1v) is 6.06. The minimum atomic E-state index is 0.200. The zero-order chi connectivity index (χ0) is 11.2. The quantitative estimate of drug-likeness (QED) is 0.736. The molecule has 88 valence electrons. The number of hydrogen-bond acceptors (Lipinski definition) is 3. The number of nitrogens with zero attached hydrogens (tertiary/aromatic N) is 1. The third-order valence-corrected chi connectivity index (χ3v) is 3.04. The van der Waals surface area contributed by atoms with Crippen LogP contribution in [-0.4, -0.2) is 31.3 Å². The third kappa shape index (κ3) is 2.74. The molecule has 1 aromatic carbocycles. The van der Waals surface area contributed by atoms with Crippen molar-refractivity contribution in [3.05, 3.63) is 29.8 Å². The molecule has 3 heteroatoms. The van der Waals surface area contributed by atoms with Crippen LogP contribution in [0.3, 0.4) is 0 Å². The zero-order valence-electron chi connectivity index (χ0n) is 9.65. The molecule has 1 aromatic rings. The van der Waals surface area contributed by atoms with Crippen molar-refractivity contribution in [2.75, 3.05) is 31.1 Å². The molecule has 0 unspecified atom stereocenters. The molecule has 2 rings (SSSR count). The van der Waals surface area contributed by atoms with Crippen molar-refractivity contribution in [1.82, 2.24) is 5.32 Å². The maximum Gasteiger partial charge on any atom is 0.0556 e. The maximum atomic E-state index is 8.75. The number of hydrogen-bond donors (Lipinski definition) is 2. The minimum Gasteiger partial charge on any atom is -0.395 e. The van der Waals surface area contributed by atoms with Crippen molar-refractivity contribution in [3.63, 3.8) is 0 Å². The van der Waals surface area contributed by atoms with Crippen LogP contribution in [0.15, 0.2) is 24.3 Å². The van der Waals surface area contributed by atoms with Gasteiger partial charge in [-0.3, -0.25) is 0 Å². The van der Waals surface area contributed by atoms with E-state index < -0.39 is 0 Å². The Balaban J connectivity index is 2.04. The normalized spacial score (nSPS) is 15.7. The Labute approximate surface area is 97.1 Å². The van der Waals surface area contributed by atoms with E-state index in [2.05, 4.69) is 34.5 Å². The number of aliphatic hydroxyl groups excluding tert-OH is 1. The second kappa shape index (κ2) is 5.87. The molecule has 0 aliphatic carbocycles. The lowest BCUT2D eigenvalue weighted by Crippen LogP contribution is -2.23. The highest BCUT2D eigenvalue weighted by Crippen LogP contribution is 2.24. The third-order valence-electron chi connectivity index (χ3n) is 3.04. The van der Waals surface area contributed by atoms with E-state index in [0.717, 1.165) is 6.54 Å². The molecule has 0 saturated carbocycles. The lowest BCUT2D eigenvalue weighted by Gasteiger charge is -2.21. The Morgan fingerprint density at radius 1 is 1.19 bits per heavy atom. The molecule has 3 nitrogen and oxygen atoms in total. The van der Waals surface area contributed by atoms with Crippen LogP contribution in [0, 0.1) is 0 Å². The fourth-order valence-corrected chi connectivity index (χ4v) is 2.23. The molecule has 0 spiro atoms. The second-order valence-corrected chi connectivity index (χ2v) is 4.22. The van der Waals surface area contributed by atoms with Gasteiger partial charge < -0.3 is 15.3 Å². The maximum absolute atomic E-state index is 8.75. The largest absolute Gasteiger partial charge is 0.395 e. The molecular weight excluding hydrogens is 200 g/mol. The summed E-state index contributed by atoms with van der Waals surface area (Å²) in [5.74, 6) is 0. The van der Waals surface area contributed by atoms with Crippen molar-refractivity contribution < 1.29 is 5.11 Å². The van der Waals surface area contributed by atoms with Crippen LogP contribution in [0.2, 0.25) is 0 Å². The monoisotopic (exact) mass is 220 g/mol. The van der Waals surface area contributed by atoms with Crippen LogP contribution >= 0.6 is 0 Å². The predicted molar refractivity (Wildman–Crippen MR) is 66.7 cm³/mol. The summed E-state index contributed by atoms with van der Waals surface area (Å²) in [7, 11) is 0. The Bertz CT molecular complexity index is 321. The first-order chi connectivity index (χ1) is 7.92. The van der Waals surface area contributed by atoms with E-state index in [9.17, 15) is 0 Å². The van der Waals surface area contributed by atoms with Gasteiger partial charge in [0.15, 0.2) is 0 Å². The van der Waals surface area contributed by atoms with Gasteiger partial charge >= 0.3 is 0 Å². The molecule has 1 aliphatic heterocycles. The van der Waals surface area contributed by atoms with E-state index in [0.29, 0.717) is 6.54 Å². The number of para-hydroxylation sites is 1. The van der Waals surface area contributed by atoms with Crippen LogP contribution in [-0.2, 0) is 6.54 Å². The van der Waals surface area contributed by atoms with Gasteiger partial charge in [0.1, 0.15) is 0 Å². The van der Waals surface area contributed by atoms with E-state index in [-0.39, 0.29) is 6.61 Å². The fraction of sp³-hybridized carbons (Fsp3) is 0.538. The Kier molecular flexibility index (Phi) is 4.19. The van der Waals surface area contributed by atoms with Crippen LogP contribution < -0.4 is 10.2 Å². The van der Waals surface area contributed by atoms with Crippen LogP contribution in [0.1, 0.15) is 18.4 Å². The Hall–Kier alpha value is -1.06. The average Bonchev–Trinajstić information content (AvgIpc) is 2.83. The summed E-state index contributed by atoms with van der Waals surface area (Å²) in [6, 6.07) is 8.54. The molecule has 0 aromatic heterocycles. The lowest BCUT2D eigenvalue weighted by molar-refractivity contribution is 0.292. The summed E-state index contributed by atoms with van der Waals surface area (Å²) in [5.41, 5.74) is 2.68. The highest BCUT2D eigenvalue weighted by Gasteiger charge is 2.14. The van der Waals surface area contributed by atoms with Crippen LogP contribution in [0.5, 0.6) is 0 Å². The van der Waals surface area contributed by atoms with Crippen LogP contribution in [0.25, 0.3) is 0 Å². The first-order valence-electron chi connectivity index (χ1n) is 6.06. The molecule has 0 atom stereocenters. The summed E-state index contributed by atoms with van der Waals surface area (Å²) in [5, 5.41) is 12.0. The minimum absolute atomic E-state index is 0.200. The summed E-state index contributed by atoms with van der Waals surface area (Å²) in [4.78, 5) is 2.45. The number of anilines is 1. The van der Waals surface area contributed by atoms with Crippen LogP contribution in [0.4, 0.5) is 5.69 Å². The van der Waals surface area contributed by atoms with Gasteiger partial charge in [-0.25, -0.2) is 0 Å². The van der Waals surface area contributed by atoms with Crippen molar-refractivity contribution >= 4 is 5.69 Å². The van der Waals surface area contributed by atoms with Gasteiger partial charge in [0, 0.05) is 31.9 Å². The number of benzene rings is 1. The van der Waals surface area contributed by atoms with E-state index in [4.69, 9.17) is 5.11 Å². The van der Waals surface area contributed by atoms with Gasteiger partial charge in [0.25, 0.3) is 0 Å². The second-order valence-electron chi connectivity index (χ2n) is 4.22. The van der Waals surface area contributed by atoms with Gasteiger partial charge in [-0.1, -0.05) is 18.2 Å². The molecule has 1 heterocycles. The van der Waals surface area contributed by atoms with Gasteiger partial charge in [-0.15, -0.1) is 0 Å². The predicted octanol–water partition coefficient (Wildman–Crippen LogP) is 1.37. The van der Waals surface area contributed by atoms with E-state index >= 15 is 0 Å². The average molecular weight is 220 g/mol. The molecule has 0 radical (unpaired) electrons. The van der Waals surface area contributed by atoms with Gasteiger partial charge in [-0.05, 0) is 24.5 Å². The molecule has 1 fully saturated rings. The van der Waals surface area contributed by atoms with Crippen molar-refractivity contribution in [3.8, 4) is 0 Å². The standard InChI is InChI=1S/C13H20N2O/c16-10-7-14-11-12-5-1-2-6-13(12)15-8-3-4-9-15/h1-2,5-6,14,16H,3-4,7-11H2. The topological polar surface area (TPSA) is 35.5 Å². The summed E-state index contributed by atoms with van der Waals surface area (Å²) >= 11 is 0. The van der Waals surface area contributed by atoms with E-state index in [1.54, 1.807) is 0 Å². The smallest absolute Gasteiger partial charge is 0.0556 e. The Morgan fingerprint density at radius 3 is 2.69 bits per heavy atom. The zero-order valence-corrected chi connectivity index (χ0v) is 9.65. The number of aliphatic hydroxyl groups is 1. The molecule has 1 aliphatic rings. The van der Waals surface area contributed by atoms with E-state index in [1.807, 2.05) is 0 Å². The van der Waals surface area contributed by atoms with Gasteiger partial charge in [0.05, 0.1) is 6.61 Å². The molecule has 2 N–H and O–H groups in total. The highest BCUT2D eigenvalue weighted by atomic mass is 16.3. The number of rotatable bonds is 5. The summed E-state index contributed by atoms with van der Waals surface area (Å²) < 4.78 is 0. The molecule has 16 heavy (non-hydrogen) atoms. The molecule has 1 saturated heterocycles. The van der Waals surface area contributed by atoms with Gasteiger partial charge in [0.2, 0.25) is 0 Å². The summed E-state index contributed by atoms with van der Waals surface area (Å²) in [6.45, 7) is 4.06. The molecule has 0 bridgehead atoms. The van der Waals surface area contributed by atoms with Crippen molar-refractivity contribution in [2.24, 2.45) is 0 Å². The van der Waals surface area contributed by atoms with Crippen molar-refractivity contribution in [1.29, 1.82) is 0 Å². The highest BCUT2D eigenvalue weighted by molar-refractivity contribution is 5.54. The molecule has 0 amide bonds. The molecular formula is C13H20N2O. The lowest BCUT2D eigenvalue weighted by atomic mass is 10.1. The fourth-order valence-electron chi connectivity index (χ4n) is 2.23. The van der Waals surface area contributed by atoms with Gasteiger partial charge in [-0.2, -0.15) is 0 Å². The first kappa shape index (κ1) is 11.4. The Morgan fingerprint density at radius 2 is 1.94 bits per heavy atom. The summed E-state index contributed by atoms with van der Waals surface area (Å²) in [6.07, 6.45) is 2.61. The number of nitrogens with one attached hydrogen (secondary N) is 1. The van der Waals surface area contributed by atoms with Crippen molar-refractivity contribution in [2.45, 2.75) is 19.4 Å².